The maximum atomic E-state index is 11.4. The van der Waals surface area contributed by atoms with E-state index in [2.05, 4.69) is 30.6 Å². The highest BCUT2D eigenvalue weighted by Crippen LogP contribution is 2.24. The fourth-order valence-electron chi connectivity index (χ4n) is 3.99. The molecule has 2 heterocycles. The second-order valence-corrected chi connectivity index (χ2v) is 7.75. The summed E-state index contributed by atoms with van der Waals surface area (Å²) >= 11 is 0. The van der Waals surface area contributed by atoms with Crippen molar-refractivity contribution in [1.82, 2.24) is 19.6 Å². The highest BCUT2D eigenvalue weighted by atomic mass is 16.1. The van der Waals surface area contributed by atoms with Gasteiger partial charge >= 0.3 is 0 Å². The van der Waals surface area contributed by atoms with Gasteiger partial charge in [0.25, 0.3) is 0 Å². The fourth-order valence-corrected chi connectivity index (χ4v) is 3.99. The summed E-state index contributed by atoms with van der Waals surface area (Å²) < 4.78 is 0. The van der Waals surface area contributed by atoms with Crippen molar-refractivity contribution in [2.45, 2.75) is 84.0 Å². The molecule has 2 atom stereocenters. The molecule has 0 saturated carbocycles. The average Bonchev–Trinajstić information content (AvgIpc) is 2.63. The minimum atomic E-state index is 0.321. The second kappa shape index (κ2) is 10.1. The van der Waals surface area contributed by atoms with Crippen molar-refractivity contribution in [2.75, 3.05) is 26.4 Å². The zero-order chi connectivity index (χ0) is 18.2. The minimum Gasteiger partial charge on any atom is -0.329 e. The molecule has 25 heavy (non-hydrogen) atoms. The van der Waals surface area contributed by atoms with E-state index in [1.165, 1.54) is 25.7 Å². The lowest BCUT2D eigenvalue weighted by Gasteiger charge is -2.49. The summed E-state index contributed by atoms with van der Waals surface area (Å²) in [5.74, 6) is 0. The number of unbranched alkanes of at least 4 members (excludes halogenated alkanes) is 3. The topological polar surface area (TPSA) is 47.1 Å². The molecule has 0 aromatic rings. The first-order valence-electron chi connectivity index (χ1n) is 10.0. The monoisotopic (exact) mass is 352 g/mol. The van der Waals surface area contributed by atoms with Crippen LogP contribution in [0.4, 0.5) is 0 Å². The third-order valence-corrected chi connectivity index (χ3v) is 5.92. The lowest BCUT2D eigenvalue weighted by Crippen LogP contribution is -2.61. The van der Waals surface area contributed by atoms with Crippen LogP contribution in [0.5, 0.6) is 0 Å². The van der Waals surface area contributed by atoms with E-state index in [0.717, 1.165) is 45.2 Å². The van der Waals surface area contributed by atoms with Crippen molar-refractivity contribution in [2.24, 2.45) is 0 Å². The van der Waals surface area contributed by atoms with Crippen LogP contribution in [0.3, 0.4) is 0 Å². The van der Waals surface area contributed by atoms with Gasteiger partial charge in [0.05, 0.1) is 19.5 Å². The molecule has 2 amide bonds. The highest BCUT2D eigenvalue weighted by Gasteiger charge is 2.34. The summed E-state index contributed by atoms with van der Waals surface area (Å²) in [6.45, 7) is 9.94. The number of nitrogens with zero attached hydrogens (tertiary/aromatic N) is 4. The number of carbonyl (C=O) groups is 2. The van der Waals surface area contributed by atoms with Crippen LogP contribution in [0.1, 0.15) is 65.7 Å². The highest BCUT2D eigenvalue weighted by molar-refractivity contribution is 5.48. The third kappa shape index (κ3) is 5.42. The van der Waals surface area contributed by atoms with Crippen molar-refractivity contribution in [3.8, 4) is 0 Å². The first-order valence-corrected chi connectivity index (χ1v) is 10.0. The van der Waals surface area contributed by atoms with Gasteiger partial charge in [0, 0.05) is 25.2 Å². The standard InChI is InChI=1S/C19H36N4O2/c1-4-5-6-7-8-19(20-11-9-17(2)22(13-20)15-24)21-12-10-18(3)23(14-21)16-25/h15-19H,4-14H2,1-3H3. The molecule has 2 aliphatic rings. The maximum Gasteiger partial charge on any atom is 0.210 e. The predicted octanol–water partition coefficient (Wildman–Crippen LogP) is 2.30. The van der Waals surface area contributed by atoms with Crippen LogP contribution in [0.25, 0.3) is 0 Å². The average molecular weight is 353 g/mol. The van der Waals surface area contributed by atoms with Gasteiger partial charge in [-0.3, -0.25) is 19.4 Å². The summed E-state index contributed by atoms with van der Waals surface area (Å²) in [7, 11) is 0. The first kappa shape index (κ1) is 20.2. The first-order chi connectivity index (χ1) is 12.1. The zero-order valence-electron chi connectivity index (χ0n) is 16.3. The molecule has 2 fully saturated rings. The summed E-state index contributed by atoms with van der Waals surface area (Å²) in [5, 5.41) is 0. The number of carbonyl (C=O) groups excluding carboxylic acids is 2. The number of rotatable bonds is 9. The van der Waals surface area contributed by atoms with Crippen molar-refractivity contribution < 1.29 is 9.59 Å². The van der Waals surface area contributed by atoms with Gasteiger partial charge in [-0.15, -0.1) is 0 Å². The molecule has 0 N–H and O–H groups in total. The maximum absolute atomic E-state index is 11.4. The van der Waals surface area contributed by atoms with Crippen LogP contribution >= 0.6 is 0 Å². The molecule has 2 unspecified atom stereocenters. The van der Waals surface area contributed by atoms with Gasteiger partial charge in [0.1, 0.15) is 0 Å². The Morgan fingerprint density at radius 1 is 0.880 bits per heavy atom. The predicted molar refractivity (Wildman–Crippen MR) is 99.7 cm³/mol. The Morgan fingerprint density at radius 2 is 1.40 bits per heavy atom. The van der Waals surface area contributed by atoms with Crippen LogP contribution in [0.2, 0.25) is 0 Å². The van der Waals surface area contributed by atoms with Crippen LogP contribution in [-0.4, -0.2) is 77.1 Å². The van der Waals surface area contributed by atoms with Gasteiger partial charge < -0.3 is 9.80 Å². The molecule has 144 valence electrons. The number of amides is 2. The molecular formula is C19H36N4O2. The van der Waals surface area contributed by atoms with E-state index in [1.54, 1.807) is 0 Å². The Balaban J connectivity index is 2.04. The molecular weight excluding hydrogens is 316 g/mol. The largest absolute Gasteiger partial charge is 0.329 e. The summed E-state index contributed by atoms with van der Waals surface area (Å²) in [6.07, 6.45) is 10.4. The molecule has 0 radical (unpaired) electrons. The molecule has 2 aliphatic heterocycles. The van der Waals surface area contributed by atoms with E-state index in [9.17, 15) is 9.59 Å². The van der Waals surface area contributed by atoms with Gasteiger partial charge in [0.15, 0.2) is 0 Å². The quantitative estimate of drug-likeness (QED) is 0.472. The summed E-state index contributed by atoms with van der Waals surface area (Å²) in [5.41, 5.74) is 0. The molecule has 6 nitrogen and oxygen atoms in total. The normalized spacial score (nSPS) is 27.3. The van der Waals surface area contributed by atoms with Crippen molar-refractivity contribution in [1.29, 1.82) is 0 Å². The molecule has 0 spiro atoms. The Kier molecular flexibility index (Phi) is 8.16. The van der Waals surface area contributed by atoms with E-state index in [-0.39, 0.29) is 0 Å². The van der Waals surface area contributed by atoms with Crippen LogP contribution < -0.4 is 0 Å². The lowest BCUT2D eigenvalue weighted by molar-refractivity contribution is -0.134. The Morgan fingerprint density at radius 3 is 1.84 bits per heavy atom. The molecule has 2 saturated heterocycles. The molecule has 0 bridgehead atoms. The van der Waals surface area contributed by atoms with Crippen LogP contribution in [0, 0.1) is 0 Å². The van der Waals surface area contributed by atoms with Gasteiger partial charge in [-0.1, -0.05) is 32.6 Å². The SMILES string of the molecule is CCCCCCC(N1CCC(C)N(C=O)C1)N1CCC(C)N(C=O)C1. The van der Waals surface area contributed by atoms with E-state index >= 15 is 0 Å². The Bertz CT molecular complexity index is 388. The molecule has 6 heteroatoms. The molecule has 0 aromatic carbocycles. The number of hydrogen-bond acceptors (Lipinski definition) is 4. The van der Waals surface area contributed by atoms with Gasteiger partial charge in [0.2, 0.25) is 12.8 Å². The van der Waals surface area contributed by atoms with Gasteiger partial charge in [-0.05, 0) is 33.1 Å². The summed E-state index contributed by atoms with van der Waals surface area (Å²) in [6, 6.07) is 0.643. The van der Waals surface area contributed by atoms with Gasteiger partial charge in [-0.2, -0.15) is 0 Å². The Hall–Kier alpha value is -1.14. The molecule has 0 aliphatic carbocycles. The second-order valence-electron chi connectivity index (χ2n) is 7.75. The Labute approximate surface area is 153 Å². The third-order valence-electron chi connectivity index (χ3n) is 5.92. The molecule has 2 rings (SSSR count). The molecule has 0 aromatic heterocycles. The lowest BCUT2D eigenvalue weighted by atomic mass is 10.1. The van der Waals surface area contributed by atoms with Gasteiger partial charge in [-0.25, -0.2) is 0 Å². The van der Waals surface area contributed by atoms with E-state index < -0.39 is 0 Å². The zero-order valence-corrected chi connectivity index (χ0v) is 16.3. The minimum absolute atomic E-state index is 0.321. The fraction of sp³-hybridized carbons (Fsp3) is 0.895. The van der Waals surface area contributed by atoms with Crippen molar-refractivity contribution in [3.05, 3.63) is 0 Å². The van der Waals surface area contributed by atoms with Crippen LogP contribution in [0.15, 0.2) is 0 Å². The summed E-state index contributed by atoms with van der Waals surface area (Å²) in [4.78, 5) is 31.5. The smallest absolute Gasteiger partial charge is 0.210 e. The van der Waals surface area contributed by atoms with Crippen molar-refractivity contribution >= 4 is 12.8 Å². The number of hydrogen-bond donors (Lipinski definition) is 0. The van der Waals surface area contributed by atoms with Crippen molar-refractivity contribution in [3.63, 3.8) is 0 Å². The van der Waals surface area contributed by atoms with E-state index in [0.29, 0.717) is 31.6 Å². The van der Waals surface area contributed by atoms with Crippen LogP contribution in [-0.2, 0) is 9.59 Å². The van der Waals surface area contributed by atoms with E-state index in [4.69, 9.17) is 0 Å². The van der Waals surface area contributed by atoms with E-state index in [1.807, 2.05) is 9.80 Å².